The van der Waals surface area contributed by atoms with E-state index in [1.54, 1.807) is 0 Å². The summed E-state index contributed by atoms with van der Waals surface area (Å²) in [5.41, 5.74) is 0. The SMILES string of the molecule is CCC.CCCC1CCN(CC)CC1. The second kappa shape index (κ2) is 9.51. The van der Waals surface area contributed by atoms with Crippen molar-refractivity contribution < 1.29 is 0 Å². The monoisotopic (exact) mass is 199 g/mol. The number of likely N-dealkylation sites (tertiary alicyclic amines) is 1. The fourth-order valence-electron chi connectivity index (χ4n) is 2.00. The first-order chi connectivity index (χ1) is 6.78. The third kappa shape index (κ3) is 6.42. The molecule has 1 aliphatic heterocycles. The minimum atomic E-state index is 1.04. The molecule has 1 fully saturated rings. The van der Waals surface area contributed by atoms with Crippen LogP contribution in [0.1, 0.15) is 59.8 Å². The molecule has 1 nitrogen and oxygen atoms in total. The maximum Gasteiger partial charge on any atom is -0.00162 e. The van der Waals surface area contributed by atoms with Crippen LogP contribution >= 0.6 is 0 Å². The molecule has 1 saturated heterocycles. The minimum Gasteiger partial charge on any atom is -0.304 e. The van der Waals surface area contributed by atoms with Gasteiger partial charge >= 0.3 is 0 Å². The molecule has 14 heavy (non-hydrogen) atoms. The normalized spacial score (nSPS) is 18.9. The molecule has 86 valence electrons. The molecule has 0 aromatic carbocycles. The standard InChI is InChI=1S/C10H21N.C3H8/c1-3-5-10-6-8-11(4-2)9-7-10;1-3-2/h10H,3-9H2,1-2H3;3H2,1-2H3. The molecule has 0 N–H and O–H groups in total. The van der Waals surface area contributed by atoms with Gasteiger partial charge in [0.2, 0.25) is 0 Å². The Bertz CT molecular complexity index is 104. The molecule has 0 saturated carbocycles. The van der Waals surface area contributed by atoms with E-state index in [9.17, 15) is 0 Å². The number of hydrogen-bond donors (Lipinski definition) is 0. The summed E-state index contributed by atoms with van der Waals surface area (Å²) in [6.07, 6.45) is 6.97. The van der Waals surface area contributed by atoms with Crippen molar-refractivity contribution in [2.24, 2.45) is 5.92 Å². The fourth-order valence-corrected chi connectivity index (χ4v) is 2.00. The van der Waals surface area contributed by atoms with Gasteiger partial charge in [0.15, 0.2) is 0 Å². The van der Waals surface area contributed by atoms with Gasteiger partial charge in [-0.1, -0.05) is 47.0 Å². The van der Waals surface area contributed by atoms with Gasteiger partial charge in [-0.25, -0.2) is 0 Å². The third-order valence-corrected chi connectivity index (χ3v) is 2.85. The lowest BCUT2D eigenvalue weighted by atomic mass is 9.93. The second-order valence-corrected chi connectivity index (χ2v) is 4.37. The zero-order chi connectivity index (χ0) is 10.8. The predicted octanol–water partition coefficient (Wildman–Crippen LogP) is 3.93. The lowest BCUT2D eigenvalue weighted by Crippen LogP contribution is -2.33. The van der Waals surface area contributed by atoms with E-state index in [-0.39, 0.29) is 0 Å². The zero-order valence-electron chi connectivity index (χ0n) is 10.7. The molecule has 0 unspecified atom stereocenters. The van der Waals surface area contributed by atoms with Gasteiger partial charge in [-0.15, -0.1) is 0 Å². The Balaban J connectivity index is 0.000000500. The Kier molecular flexibility index (Phi) is 9.49. The van der Waals surface area contributed by atoms with Crippen LogP contribution in [0.2, 0.25) is 0 Å². The molecule has 0 aromatic rings. The van der Waals surface area contributed by atoms with Crippen molar-refractivity contribution in [3.63, 3.8) is 0 Å². The predicted molar refractivity (Wildman–Crippen MR) is 65.7 cm³/mol. The van der Waals surface area contributed by atoms with Crippen LogP contribution in [0.4, 0.5) is 0 Å². The molecule has 1 aliphatic rings. The van der Waals surface area contributed by atoms with Crippen LogP contribution in [0.15, 0.2) is 0 Å². The molecule has 0 aliphatic carbocycles. The van der Waals surface area contributed by atoms with Gasteiger partial charge in [0.1, 0.15) is 0 Å². The maximum absolute atomic E-state index is 2.56. The number of hydrogen-bond acceptors (Lipinski definition) is 1. The van der Waals surface area contributed by atoms with E-state index < -0.39 is 0 Å². The average molecular weight is 199 g/mol. The Hall–Kier alpha value is -0.0400. The van der Waals surface area contributed by atoms with Crippen molar-refractivity contribution in [2.45, 2.75) is 59.8 Å². The van der Waals surface area contributed by atoms with Crippen molar-refractivity contribution in [2.75, 3.05) is 19.6 Å². The first kappa shape index (κ1) is 14.0. The van der Waals surface area contributed by atoms with E-state index in [0.717, 1.165) is 5.92 Å². The summed E-state index contributed by atoms with van der Waals surface area (Å²) in [4.78, 5) is 2.56. The highest BCUT2D eigenvalue weighted by atomic mass is 15.1. The van der Waals surface area contributed by atoms with Crippen LogP contribution in [0, 0.1) is 5.92 Å². The number of rotatable bonds is 3. The third-order valence-electron chi connectivity index (χ3n) is 2.85. The minimum absolute atomic E-state index is 1.04. The zero-order valence-corrected chi connectivity index (χ0v) is 10.7. The summed E-state index contributed by atoms with van der Waals surface area (Å²) >= 11 is 0. The Labute approximate surface area is 90.9 Å². The van der Waals surface area contributed by atoms with Crippen molar-refractivity contribution in [3.05, 3.63) is 0 Å². The molecule has 0 aromatic heterocycles. The molecule has 0 radical (unpaired) electrons. The highest BCUT2D eigenvalue weighted by molar-refractivity contribution is 4.70. The van der Waals surface area contributed by atoms with Crippen LogP contribution in [0.25, 0.3) is 0 Å². The van der Waals surface area contributed by atoms with Gasteiger partial charge in [0, 0.05) is 0 Å². The van der Waals surface area contributed by atoms with Crippen LogP contribution in [-0.4, -0.2) is 24.5 Å². The van der Waals surface area contributed by atoms with E-state index in [2.05, 4.69) is 32.6 Å². The molecule has 1 heteroatoms. The van der Waals surface area contributed by atoms with Crippen molar-refractivity contribution in [1.29, 1.82) is 0 Å². The molecule has 1 heterocycles. The van der Waals surface area contributed by atoms with Gasteiger partial charge in [-0.3, -0.25) is 0 Å². The highest BCUT2D eigenvalue weighted by Crippen LogP contribution is 2.20. The van der Waals surface area contributed by atoms with Crippen molar-refractivity contribution in [3.8, 4) is 0 Å². The van der Waals surface area contributed by atoms with Gasteiger partial charge in [0.25, 0.3) is 0 Å². The summed E-state index contributed by atoms with van der Waals surface area (Å²) in [6.45, 7) is 12.8. The Morgan fingerprint density at radius 2 is 1.50 bits per heavy atom. The molecule has 1 rings (SSSR count). The summed E-state index contributed by atoms with van der Waals surface area (Å²) < 4.78 is 0. The molecule has 0 amide bonds. The summed E-state index contributed by atoms with van der Waals surface area (Å²) in [7, 11) is 0. The lowest BCUT2D eigenvalue weighted by Gasteiger charge is -2.30. The van der Waals surface area contributed by atoms with Gasteiger partial charge in [-0.05, 0) is 38.4 Å². The van der Waals surface area contributed by atoms with E-state index in [1.165, 1.54) is 51.7 Å². The largest absolute Gasteiger partial charge is 0.304 e. The first-order valence-electron chi connectivity index (χ1n) is 6.50. The van der Waals surface area contributed by atoms with Crippen LogP contribution in [-0.2, 0) is 0 Å². The van der Waals surface area contributed by atoms with Crippen LogP contribution < -0.4 is 0 Å². The Morgan fingerprint density at radius 1 is 1.00 bits per heavy atom. The molecular formula is C13H29N. The topological polar surface area (TPSA) is 3.24 Å². The maximum atomic E-state index is 2.56. The molecular weight excluding hydrogens is 170 g/mol. The average Bonchev–Trinajstić information content (AvgIpc) is 2.21. The first-order valence-corrected chi connectivity index (χ1v) is 6.50. The lowest BCUT2D eigenvalue weighted by molar-refractivity contribution is 0.186. The van der Waals surface area contributed by atoms with E-state index in [0.29, 0.717) is 0 Å². The van der Waals surface area contributed by atoms with E-state index in [1.807, 2.05) is 0 Å². The highest BCUT2D eigenvalue weighted by Gasteiger charge is 2.16. The van der Waals surface area contributed by atoms with Crippen molar-refractivity contribution >= 4 is 0 Å². The second-order valence-electron chi connectivity index (χ2n) is 4.37. The van der Waals surface area contributed by atoms with Gasteiger partial charge < -0.3 is 4.90 Å². The van der Waals surface area contributed by atoms with Crippen LogP contribution in [0.3, 0.4) is 0 Å². The van der Waals surface area contributed by atoms with E-state index in [4.69, 9.17) is 0 Å². The number of nitrogens with zero attached hydrogens (tertiary/aromatic N) is 1. The molecule has 0 bridgehead atoms. The molecule has 0 atom stereocenters. The van der Waals surface area contributed by atoms with E-state index >= 15 is 0 Å². The smallest absolute Gasteiger partial charge is 0.00162 e. The fraction of sp³-hybridized carbons (Fsp3) is 1.00. The van der Waals surface area contributed by atoms with Gasteiger partial charge in [0.05, 0.1) is 0 Å². The quantitative estimate of drug-likeness (QED) is 0.665. The van der Waals surface area contributed by atoms with Gasteiger partial charge in [-0.2, -0.15) is 0 Å². The summed E-state index contributed by atoms with van der Waals surface area (Å²) in [6, 6.07) is 0. The summed E-state index contributed by atoms with van der Waals surface area (Å²) in [5, 5.41) is 0. The molecule has 0 spiro atoms. The van der Waals surface area contributed by atoms with Crippen LogP contribution in [0.5, 0.6) is 0 Å². The Morgan fingerprint density at radius 3 is 1.86 bits per heavy atom. The summed E-state index contributed by atoms with van der Waals surface area (Å²) in [5.74, 6) is 1.04. The number of piperidine rings is 1. The van der Waals surface area contributed by atoms with Crippen molar-refractivity contribution in [1.82, 2.24) is 4.90 Å².